The number of nitrogens with zero attached hydrogens (tertiary/aromatic N) is 1. The number of halogens is 1. The van der Waals surface area contributed by atoms with E-state index in [9.17, 15) is 4.79 Å². The zero-order valence-electron chi connectivity index (χ0n) is 9.95. The Labute approximate surface area is 107 Å². The minimum absolute atomic E-state index is 0.0512. The van der Waals surface area contributed by atoms with Crippen LogP contribution in [0.15, 0.2) is 24.3 Å². The number of anilines is 1. The lowest BCUT2D eigenvalue weighted by atomic mass is 10.0. The monoisotopic (exact) mass is 252 g/mol. The van der Waals surface area contributed by atoms with E-state index in [0.717, 1.165) is 19.5 Å². The second kappa shape index (κ2) is 5.41. The smallest absolute Gasteiger partial charge is 0.321 e. The van der Waals surface area contributed by atoms with Gasteiger partial charge in [0.25, 0.3) is 0 Å². The molecule has 3 nitrogen and oxygen atoms in total. The highest BCUT2D eigenvalue weighted by atomic mass is 35.5. The zero-order chi connectivity index (χ0) is 12.3. The molecule has 0 aromatic heterocycles. The van der Waals surface area contributed by atoms with E-state index in [4.69, 9.17) is 11.6 Å². The third-order valence-electron chi connectivity index (χ3n) is 3.06. The van der Waals surface area contributed by atoms with E-state index in [1.807, 2.05) is 23.1 Å². The number of urea groups is 1. The van der Waals surface area contributed by atoms with Crippen LogP contribution in [0.2, 0.25) is 5.02 Å². The topological polar surface area (TPSA) is 32.3 Å². The molecule has 1 aliphatic rings. The van der Waals surface area contributed by atoms with Gasteiger partial charge in [-0.25, -0.2) is 4.79 Å². The SMILES string of the molecule is C[C@@H]1CCCN(C(=O)Nc2ccccc2Cl)C1. The average Bonchev–Trinajstić information content (AvgIpc) is 2.32. The van der Waals surface area contributed by atoms with Gasteiger partial charge in [0.05, 0.1) is 10.7 Å². The van der Waals surface area contributed by atoms with Gasteiger partial charge >= 0.3 is 6.03 Å². The maximum atomic E-state index is 12.0. The quantitative estimate of drug-likeness (QED) is 0.814. The Balaban J connectivity index is 1.99. The van der Waals surface area contributed by atoms with Crippen molar-refractivity contribution in [2.75, 3.05) is 18.4 Å². The van der Waals surface area contributed by atoms with Gasteiger partial charge in [-0.15, -0.1) is 0 Å². The van der Waals surface area contributed by atoms with Crippen molar-refractivity contribution < 1.29 is 4.79 Å². The van der Waals surface area contributed by atoms with E-state index in [2.05, 4.69) is 12.2 Å². The summed E-state index contributed by atoms with van der Waals surface area (Å²) in [7, 11) is 0. The van der Waals surface area contributed by atoms with Crippen molar-refractivity contribution in [1.29, 1.82) is 0 Å². The molecule has 92 valence electrons. The summed E-state index contributed by atoms with van der Waals surface area (Å²) < 4.78 is 0. The van der Waals surface area contributed by atoms with E-state index >= 15 is 0 Å². The average molecular weight is 253 g/mol. The van der Waals surface area contributed by atoms with Crippen LogP contribution in [0.25, 0.3) is 0 Å². The molecule has 1 aromatic rings. The second-order valence-electron chi connectivity index (χ2n) is 4.60. The summed E-state index contributed by atoms with van der Waals surface area (Å²) >= 11 is 6.00. The summed E-state index contributed by atoms with van der Waals surface area (Å²) in [5.41, 5.74) is 0.678. The maximum Gasteiger partial charge on any atom is 0.321 e. The minimum atomic E-state index is -0.0512. The van der Waals surface area contributed by atoms with Gasteiger partial charge in [-0.05, 0) is 30.9 Å². The maximum absolute atomic E-state index is 12.0. The molecule has 1 saturated heterocycles. The highest BCUT2D eigenvalue weighted by molar-refractivity contribution is 6.33. The van der Waals surface area contributed by atoms with Crippen LogP contribution in [0.4, 0.5) is 10.5 Å². The molecule has 2 amide bonds. The van der Waals surface area contributed by atoms with E-state index in [-0.39, 0.29) is 6.03 Å². The van der Waals surface area contributed by atoms with Crippen molar-refractivity contribution in [2.45, 2.75) is 19.8 Å². The molecule has 1 aromatic carbocycles. The summed E-state index contributed by atoms with van der Waals surface area (Å²) in [4.78, 5) is 13.9. The number of amides is 2. The predicted molar refractivity (Wildman–Crippen MR) is 70.4 cm³/mol. The number of hydrogen-bond donors (Lipinski definition) is 1. The molecule has 0 bridgehead atoms. The molecule has 2 rings (SSSR count). The van der Waals surface area contributed by atoms with Crippen LogP contribution in [0.3, 0.4) is 0 Å². The molecule has 0 radical (unpaired) electrons. The Hall–Kier alpha value is -1.22. The van der Waals surface area contributed by atoms with E-state index < -0.39 is 0 Å². The normalized spacial score (nSPS) is 20.1. The molecule has 1 heterocycles. The first kappa shape index (κ1) is 12.2. The summed E-state index contributed by atoms with van der Waals surface area (Å²) in [6.07, 6.45) is 2.28. The fourth-order valence-corrected chi connectivity index (χ4v) is 2.31. The zero-order valence-corrected chi connectivity index (χ0v) is 10.7. The molecule has 17 heavy (non-hydrogen) atoms. The van der Waals surface area contributed by atoms with Crippen LogP contribution in [0, 0.1) is 5.92 Å². The number of benzene rings is 1. The molecule has 1 aliphatic heterocycles. The Morgan fingerprint density at radius 1 is 1.47 bits per heavy atom. The number of nitrogens with one attached hydrogen (secondary N) is 1. The molecule has 4 heteroatoms. The fourth-order valence-electron chi connectivity index (χ4n) is 2.13. The molecular formula is C13H17ClN2O. The number of likely N-dealkylation sites (tertiary alicyclic amines) is 1. The predicted octanol–water partition coefficient (Wildman–Crippen LogP) is 3.60. The van der Waals surface area contributed by atoms with Crippen LogP contribution < -0.4 is 5.32 Å². The third-order valence-corrected chi connectivity index (χ3v) is 3.39. The Morgan fingerprint density at radius 2 is 2.24 bits per heavy atom. The second-order valence-corrected chi connectivity index (χ2v) is 5.01. The number of carbonyl (C=O) groups excluding carboxylic acids is 1. The highest BCUT2D eigenvalue weighted by Crippen LogP contribution is 2.22. The standard InChI is InChI=1S/C13H17ClN2O/c1-10-5-4-8-16(9-10)13(17)15-12-7-3-2-6-11(12)14/h2-3,6-7,10H,4-5,8-9H2,1H3,(H,15,17)/t10-/m1/s1. The molecular weight excluding hydrogens is 236 g/mol. The van der Waals surface area contributed by atoms with Gasteiger partial charge in [0.2, 0.25) is 0 Å². The van der Waals surface area contributed by atoms with Crippen molar-refractivity contribution >= 4 is 23.3 Å². The largest absolute Gasteiger partial charge is 0.324 e. The van der Waals surface area contributed by atoms with Crippen molar-refractivity contribution in [3.05, 3.63) is 29.3 Å². The molecule has 0 aliphatic carbocycles. The molecule has 1 atom stereocenters. The Kier molecular flexibility index (Phi) is 3.89. The van der Waals surface area contributed by atoms with Crippen molar-refractivity contribution in [1.82, 2.24) is 4.90 Å². The third kappa shape index (κ3) is 3.13. The lowest BCUT2D eigenvalue weighted by molar-refractivity contribution is 0.182. The van der Waals surface area contributed by atoms with Gasteiger partial charge in [0, 0.05) is 13.1 Å². The van der Waals surface area contributed by atoms with Gasteiger partial charge in [0.15, 0.2) is 0 Å². The first-order chi connectivity index (χ1) is 8.16. The van der Waals surface area contributed by atoms with Gasteiger partial charge < -0.3 is 10.2 Å². The van der Waals surface area contributed by atoms with Crippen LogP contribution >= 0.6 is 11.6 Å². The molecule has 1 fully saturated rings. The fraction of sp³-hybridized carbons (Fsp3) is 0.462. The van der Waals surface area contributed by atoms with Gasteiger partial charge in [-0.2, -0.15) is 0 Å². The lowest BCUT2D eigenvalue weighted by Gasteiger charge is -2.31. The van der Waals surface area contributed by atoms with Crippen LogP contribution in [0.1, 0.15) is 19.8 Å². The summed E-state index contributed by atoms with van der Waals surface area (Å²) in [6, 6.07) is 7.25. The van der Waals surface area contributed by atoms with E-state index in [1.165, 1.54) is 6.42 Å². The lowest BCUT2D eigenvalue weighted by Crippen LogP contribution is -2.41. The van der Waals surface area contributed by atoms with Gasteiger partial charge in [0.1, 0.15) is 0 Å². The van der Waals surface area contributed by atoms with Gasteiger partial charge in [-0.1, -0.05) is 30.7 Å². The highest BCUT2D eigenvalue weighted by Gasteiger charge is 2.21. The van der Waals surface area contributed by atoms with Crippen LogP contribution in [-0.4, -0.2) is 24.0 Å². The molecule has 0 unspecified atom stereocenters. The van der Waals surface area contributed by atoms with Crippen LogP contribution in [-0.2, 0) is 0 Å². The number of hydrogen-bond acceptors (Lipinski definition) is 1. The van der Waals surface area contributed by atoms with Crippen molar-refractivity contribution in [3.8, 4) is 0 Å². The first-order valence-electron chi connectivity index (χ1n) is 5.97. The molecule has 0 saturated carbocycles. The first-order valence-corrected chi connectivity index (χ1v) is 6.35. The Morgan fingerprint density at radius 3 is 2.94 bits per heavy atom. The summed E-state index contributed by atoms with van der Waals surface area (Å²) in [6.45, 7) is 3.84. The minimum Gasteiger partial charge on any atom is -0.324 e. The van der Waals surface area contributed by atoms with Gasteiger partial charge in [-0.3, -0.25) is 0 Å². The Bertz CT molecular complexity index is 408. The number of para-hydroxylation sites is 1. The number of piperidine rings is 1. The van der Waals surface area contributed by atoms with E-state index in [0.29, 0.717) is 16.6 Å². The van der Waals surface area contributed by atoms with Crippen LogP contribution in [0.5, 0.6) is 0 Å². The van der Waals surface area contributed by atoms with Crippen molar-refractivity contribution in [2.24, 2.45) is 5.92 Å². The molecule has 0 spiro atoms. The number of rotatable bonds is 1. The molecule has 1 N–H and O–H groups in total. The summed E-state index contributed by atoms with van der Waals surface area (Å²) in [5.74, 6) is 0.584. The van der Waals surface area contributed by atoms with Crippen molar-refractivity contribution in [3.63, 3.8) is 0 Å². The number of carbonyl (C=O) groups is 1. The van der Waals surface area contributed by atoms with E-state index in [1.54, 1.807) is 6.07 Å². The summed E-state index contributed by atoms with van der Waals surface area (Å²) in [5, 5.41) is 3.43.